The number of sulfone groups is 1. The standard InChI is InChI=1S/C24H24N2O3S2/c1-16-6-5-7-19(12-16)26-11-10-25(14-17(26)2)24(27)21-13-18-15-31(28,29)22-9-4-3-8-20(22)23(18)30-21/h3-9,12-13,17H,10-11,14-15H2,1-2H3/t17-/m1/s1. The minimum atomic E-state index is -3.37. The fourth-order valence-corrected chi connectivity index (χ4v) is 7.49. The molecule has 7 heteroatoms. The highest BCUT2D eigenvalue weighted by Gasteiger charge is 2.33. The molecule has 1 aromatic heterocycles. The van der Waals surface area contributed by atoms with E-state index in [2.05, 4.69) is 43.0 Å². The van der Waals surface area contributed by atoms with Crippen LogP contribution in [0.2, 0.25) is 0 Å². The molecule has 1 atom stereocenters. The molecule has 1 amide bonds. The Hall–Kier alpha value is -2.64. The molecule has 0 saturated carbocycles. The molecule has 2 aromatic carbocycles. The average Bonchev–Trinajstić information content (AvgIpc) is 3.16. The minimum absolute atomic E-state index is 0.00924. The van der Waals surface area contributed by atoms with E-state index in [0.717, 1.165) is 17.0 Å². The first-order chi connectivity index (χ1) is 14.8. The third-order valence-electron chi connectivity index (χ3n) is 6.08. The van der Waals surface area contributed by atoms with Crippen LogP contribution in [0.15, 0.2) is 59.5 Å². The van der Waals surface area contributed by atoms with Crippen LogP contribution in [0.4, 0.5) is 5.69 Å². The summed E-state index contributed by atoms with van der Waals surface area (Å²) in [5, 5.41) is 0. The van der Waals surface area contributed by atoms with Gasteiger partial charge in [0.2, 0.25) is 0 Å². The molecular weight excluding hydrogens is 428 g/mol. The second kappa shape index (κ2) is 7.50. The monoisotopic (exact) mass is 452 g/mol. The quantitative estimate of drug-likeness (QED) is 0.580. The van der Waals surface area contributed by atoms with E-state index in [9.17, 15) is 13.2 Å². The fraction of sp³-hybridized carbons (Fsp3) is 0.292. The van der Waals surface area contributed by atoms with E-state index >= 15 is 0 Å². The Morgan fingerprint density at radius 1 is 1.06 bits per heavy atom. The second-order valence-electron chi connectivity index (χ2n) is 8.35. The number of benzene rings is 2. The molecule has 2 aliphatic heterocycles. The summed E-state index contributed by atoms with van der Waals surface area (Å²) in [6.07, 6.45) is 0. The maximum absolute atomic E-state index is 13.3. The summed E-state index contributed by atoms with van der Waals surface area (Å²) in [5.41, 5.74) is 3.86. The van der Waals surface area contributed by atoms with Crippen molar-refractivity contribution in [1.82, 2.24) is 4.90 Å². The summed E-state index contributed by atoms with van der Waals surface area (Å²) in [7, 11) is -3.37. The van der Waals surface area contributed by atoms with Gasteiger partial charge in [-0.1, -0.05) is 30.3 Å². The van der Waals surface area contributed by atoms with Gasteiger partial charge < -0.3 is 9.80 Å². The third kappa shape index (κ3) is 3.55. The fourth-order valence-electron chi connectivity index (χ4n) is 4.57. The predicted molar refractivity (Wildman–Crippen MR) is 125 cm³/mol. The van der Waals surface area contributed by atoms with Crippen molar-refractivity contribution >= 4 is 32.8 Å². The van der Waals surface area contributed by atoms with Crippen molar-refractivity contribution in [3.8, 4) is 10.4 Å². The topological polar surface area (TPSA) is 57.7 Å². The number of aryl methyl sites for hydroxylation is 1. The van der Waals surface area contributed by atoms with E-state index in [4.69, 9.17) is 0 Å². The maximum atomic E-state index is 13.3. The van der Waals surface area contributed by atoms with Crippen LogP contribution in [0.5, 0.6) is 0 Å². The van der Waals surface area contributed by atoms with Crippen molar-refractivity contribution in [2.75, 3.05) is 24.5 Å². The summed E-state index contributed by atoms with van der Waals surface area (Å²) < 4.78 is 25.3. The number of piperazine rings is 1. The van der Waals surface area contributed by atoms with E-state index in [1.807, 2.05) is 17.0 Å². The maximum Gasteiger partial charge on any atom is 0.264 e. The highest BCUT2D eigenvalue weighted by Crippen LogP contribution is 2.43. The highest BCUT2D eigenvalue weighted by molar-refractivity contribution is 7.91. The molecule has 1 fully saturated rings. The predicted octanol–water partition coefficient (Wildman–Crippen LogP) is 4.36. The first kappa shape index (κ1) is 20.3. The molecule has 0 N–H and O–H groups in total. The van der Waals surface area contributed by atoms with Gasteiger partial charge in [0, 0.05) is 41.8 Å². The van der Waals surface area contributed by atoms with Crippen molar-refractivity contribution in [2.24, 2.45) is 0 Å². The van der Waals surface area contributed by atoms with E-state index in [1.165, 1.54) is 22.6 Å². The van der Waals surface area contributed by atoms with Crippen LogP contribution < -0.4 is 4.90 Å². The number of hydrogen-bond donors (Lipinski definition) is 0. The van der Waals surface area contributed by atoms with Crippen molar-refractivity contribution < 1.29 is 13.2 Å². The Kier molecular flexibility index (Phi) is 4.90. The van der Waals surface area contributed by atoms with Crippen molar-refractivity contribution in [3.63, 3.8) is 0 Å². The number of carbonyl (C=O) groups excluding carboxylic acids is 1. The molecular formula is C24H24N2O3S2. The Labute approximate surface area is 186 Å². The number of carbonyl (C=O) groups is 1. The van der Waals surface area contributed by atoms with E-state index in [-0.39, 0.29) is 17.7 Å². The second-order valence-corrected chi connectivity index (χ2v) is 11.4. The van der Waals surface area contributed by atoms with Gasteiger partial charge in [0.15, 0.2) is 9.84 Å². The Balaban J connectivity index is 1.39. The molecule has 0 bridgehead atoms. The molecule has 1 saturated heterocycles. The summed E-state index contributed by atoms with van der Waals surface area (Å²) in [4.78, 5) is 19.4. The number of hydrogen-bond acceptors (Lipinski definition) is 5. The Morgan fingerprint density at radius 3 is 2.65 bits per heavy atom. The molecule has 2 aliphatic rings. The molecule has 0 unspecified atom stereocenters. The van der Waals surface area contributed by atoms with Gasteiger partial charge in [0.25, 0.3) is 5.91 Å². The zero-order chi connectivity index (χ0) is 21.8. The third-order valence-corrected chi connectivity index (χ3v) is 9.00. The van der Waals surface area contributed by atoms with Gasteiger partial charge in [-0.2, -0.15) is 0 Å². The normalized spacial score (nSPS) is 19.6. The first-order valence-electron chi connectivity index (χ1n) is 10.4. The molecule has 0 radical (unpaired) electrons. The van der Waals surface area contributed by atoms with Crippen molar-refractivity contribution in [1.29, 1.82) is 0 Å². The van der Waals surface area contributed by atoms with Crippen molar-refractivity contribution in [3.05, 3.63) is 70.6 Å². The Bertz CT molecular complexity index is 1280. The zero-order valence-electron chi connectivity index (χ0n) is 17.5. The number of rotatable bonds is 2. The van der Waals surface area contributed by atoms with Crippen LogP contribution in [0, 0.1) is 6.92 Å². The van der Waals surface area contributed by atoms with Crippen LogP contribution in [0.25, 0.3) is 10.4 Å². The van der Waals surface area contributed by atoms with Crippen LogP contribution in [0.3, 0.4) is 0 Å². The average molecular weight is 453 g/mol. The van der Waals surface area contributed by atoms with E-state index in [1.54, 1.807) is 18.2 Å². The van der Waals surface area contributed by atoms with Crippen molar-refractivity contribution in [2.45, 2.75) is 30.5 Å². The molecule has 3 aromatic rings. The summed E-state index contributed by atoms with van der Waals surface area (Å²) in [6.45, 7) is 6.30. The lowest BCUT2D eigenvalue weighted by molar-refractivity contribution is 0.0731. The number of thiophene rings is 1. The van der Waals surface area contributed by atoms with E-state index < -0.39 is 9.84 Å². The van der Waals surface area contributed by atoms with Gasteiger partial charge in [0.05, 0.1) is 15.5 Å². The molecule has 5 rings (SSSR count). The number of nitrogens with zero attached hydrogens (tertiary/aromatic N) is 2. The zero-order valence-corrected chi connectivity index (χ0v) is 19.2. The van der Waals surface area contributed by atoms with Gasteiger partial charge in [-0.15, -0.1) is 11.3 Å². The molecule has 0 spiro atoms. The summed E-state index contributed by atoms with van der Waals surface area (Å²) >= 11 is 1.41. The van der Waals surface area contributed by atoms with E-state index in [0.29, 0.717) is 28.4 Å². The van der Waals surface area contributed by atoms with Crippen LogP contribution in [-0.4, -0.2) is 44.9 Å². The molecule has 160 valence electrons. The lowest BCUT2D eigenvalue weighted by Gasteiger charge is -2.41. The number of anilines is 1. The Morgan fingerprint density at radius 2 is 1.87 bits per heavy atom. The highest BCUT2D eigenvalue weighted by atomic mass is 32.2. The lowest BCUT2D eigenvalue weighted by Crippen LogP contribution is -2.53. The van der Waals surface area contributed by atoms with Crippen LogP contribution in [-0.2, 0) is 15.6 Å². The SMILES string of the molecule is Cc1cccc(N2CCN(C(=O)c3cc4c(s3)-c3ccccc3S(=O)(=O)C4)C[C@H]2C)c1. The minimum Gasteiger partial charge on any atom is -0.365 e. The van der Waals surface area contributed by atoms with Gasteiger partial charge >= 0.3 is 0 Å². The van der Waals surface area contributed by atoms with Crippen LogP contribution >= 0.6 is 11.3 Å². The van der Waals surface area contributed by atoms with Gasteiger partial charge in [-0.25, -0.2) is 8.42 Å². The molecule has 5 nitrogen and oxygen atoms in total. The lowest BCUT2D eigenvalue weighted by atomic mass is 10.1. The molecule has 0 aliphatic carbocycles. The largest absolute Gasteiger partial charge is 0.365 e. The van der Waals surface area contributed by atoms with Gasteiger partial charge in [-0.3, -0.25) is 4.79 Å². The van der Waals surface area contributed by atoms with Crippen LogP contribution in [0.1, 0.15) is 27.7 Å². The summed E-state index contributed by atoms with van der Waals surface area (Å²) in [5.74, 6) is -0.0502. The smallest absolute Gasteiger partial charge is 0.264 e. The molecule has 3 heterocycles. The van der Waals surface area contributed by atoms with Gasteiger partial charge in [-0.05, 0) is 49.2 Å². The van der Waals surface area contributed by atoms with Gasteiger partial charge in [0.1, 0.15) is 0 Å². The summed E-state index contributed by atoms with van der Waals surface area (Å²) in [6, 6.07) is 17.5. The molecule has 31 heavy (non-hydrogen) atoms. The number of fused-ring (bicyclic) bond motifs is 3. The first-order valence-corrected chi connectivity index (χ1v) is 12.9. The number of amides is 1.